The minimum Gasteiger partial charge on any atom is -0.496 e. The Kier molecular flexibility index (Phi) is 4.32. The van der Waals surface area contributed by atoms with E-state index in [0.717, 1.165) is 33.7 Å². The second kappa shape index (κ2) is 5.88. The molecule has 20 heavy (non-hydrogen) atoms. The Bertz CT molecular complexity index is 491. The molecule has 0 heterocycles. The molecule has 0 amide bonds. The molecule has 3 rings (SSSR count). The molecule has 4 heteroatoms. The Morgan fingerprint density at radius 3 is 2.20 bits per heavy atom. The average molecular weight is 404 g/mol. The minimum atomic E-state index is 0.368. The summed E-state index contributed by atoms with van der Waals surface area (Å²) < 4.78 is 11.9. The lowest BCUT2D eigenvalue weighted by atomic mass is 10.0. The SMILES string of the molecule is COc1cc(C(Br)C2C3CCCCC32)c(OC)cc1Br. The Morgan fingerprint density at radius 2 is 1.65 bits per heavy atom. The van der Waals surface area contributed by atoms with E-state index in [1.807, 2.05) is 6.07 Å². The van der Waals surface area contributed by atoms with Gasteiger partial charge < -0.3 is 9.47 Å². The van der Waals surface area contributed by atoms with Crippen LogP contribution in [-0.4, -0.2) is 14.2 Å². The van der Waals surface area contributed by atoms with Crippen molar-refractivity contribution in [2.75, 3.05) is 14.2 Å². The first-order valence-electron chi connectivity index (χ1n) is 7.23. The average Bonchev–Trinajstić information content (AvgIpc) is 3.20. The highest BCUT2D eigenvalue weighted by molar-refractivity contribution is 9.10. The number of fused-ring (bicyclic) bond motifs is 1. The van der Waals surface area contributed by atoms with Crippen molar-refractivity contribution < 1.29 is 9.47 Å². The third-order valence-electron chi connectivity index (χ3n) is 4.86. The van der Waals surface area contributed by atoms with Crippen LogP contribution in [-0.2, 0) is 0 Å². The molecule has 3 unspecified atom stereocenters. The molecule has 3 atom stereocenters. The molecule has 1 aromatic carbocycles. The maximum absolute atomic E-state index is 5.56. The lowest BCUT2D eigenvalue weighted by Crippen LogP contribution is -2.00. The number of benzene rings is 1. The van der Waals surface area contributed by atoms with E-state index in [4.69, 9.17) is 9.47 Å². The van der Waals surface area contributed by atoms with E-state index in [1.54, 1.807) is 14.2 Å². The largest absolute Gasteiger partial charge is 0.496 e. The zero-order valence-electron chi connectivity index (χ0n) is 11.9. The summed E-state index contributed by atoms with van der Waals surface area (Å²) in [5.41, 5.74) is 1.21. The maximum Gasteiger partial charge on any atom is 0.133 e. The standard InChI is InChI=1S/C16H20Br2O2/c1-19-13-8-12(17)14(20-2)7-11(13)16(18)15-9-5-3-4-6-10(9)15/h7-10,15-16H,3-6H2,1-2H3. The summed E-state index contributed by atoms with van der Waals surface area (Å²) in [7, 11) is 3.44. The van der Waals surface area contributed by atoms with E-state index in [9.17, 15) is 0 Å². The first kappa shape index (κ1) is 14.7. The molecule has 0 aliphatic heterocycles. The number of rotatable bonds is 4. The van der Waals surface area contributed by atoms with E-state index in [2.05, 4.69) is 37.9 Å². The van der Waals surface area contributed by atoms with Crippen LogP contribution in [0, 0.1) is 17.8 Å². The van der Waals surface area contributed by atoms with Gasteiger partial charge in [0.25, 0.3) is 0 Å². The number of ether oxygens (including phenoxy) is 2. The molecule has 2 aliphatic rings. The van der Waals surface area contributed by atoms with Crippen molar-refractivity contribution in [3.63, 3.8) is 0 Å². The van der Waals surface area contributed by atoms with Crippen LogP contribution in [0.1, 0.15) is 36.1 Å². The second-order valence-corrected chi connectivity index (χ2v) is 7.66. The van der Waals surface area contributed by atoms with Crippen molar-refractivity contribution in [2.45, 2.75) is 30.5 Å². The fourth-order valence-corrected chi connectivity index (χ4v) is 5.41. The van der Waals surface area contributed by atoms with Crippen LogP contribution in [0.2, 0.25) is 0 Å². The van der Waals surface area contributed by atoms with E-state index in [-0.39, 0.29) is 0 Å². The van der Waals surface area contributed by atoms with Crippen molar-refractivity contribution in [2.24, 2.45) is 17.8 Å². The normalized spacial score (nSPS) is 29.5. The lowest BCUT2D eigenvalue weighted by molar-refractivity contribution is 0.395. The van der Waals surface area contributed by atoms with Crippen LogP contribution in [0.4, 0.5) is 0 Å². The molecule has 0 radical (unpaired) electrons. The first-order valence-corrected chi connectivity index (χ1v) is 8.93. The summed E-state index contributed by atoms with van der Waals surface area (Å²) in [5, 5.41) is 0. The molecule has 0 N–H and O–H groups in total. The third-order valence-corrected chi connectivity index (χ3v) is 6.59. The molecule has 2 fully saturated rings. The summed E-state index contributed by atoms with van der Waals surface area (Å²) in [4.78, 5) is 0.368. The van der Waals surface area contributed by atoms with Gasteiger partial charge in [0.2, 0.25) is 0 Å². The highest BCUT2D eigenvalue weighted by atomic mass is 79.9. The monoisotopic (exact) mass is 402 g/mol. The topological polar surface area (TPSA) is 18.5 Å². The van der Waals surface area contributed by atoms with E-state index >= 15 is 0 Å². The quantitative estimate of drug-likeness (QED) is 0.631. The summed E-state index contributed by atoms with van der Waals surface area (Å²) in [6, 6.07) is 4.11. The van der Waals surface area contributed by atoms with Crippen LogP contribution in [0.15, 0.2) is 16.6 Å². The fraction of sp³-hybridized carbons (Fsp3) is 0.625. The molecular weight excluding hydrogens is 384 g/mol. The number of hydrogen-bond donors (Lipinski definition) is 0. The Balaban J connectivity index is 1.88. The molecule has 1 aromatic rings. The van der Waals surface area contributed by atoms with Gasteiger partial charge in [-0.1, -0.05) is 28.8 Å². The lowest BCUT2D eigenvalue weighted by Gasteiger charge is -2.17. The number of halogens is 2. The predicted molar refractivity (Wildman–Crippen MR) is 87.9 cm³/mol. The smallest absolute Gasteiger partial charge is 0.133 e. The summed E-state index contributed by atoms with van der Waals surface area (Å²) in [6.45, 7) is 0. The third kappa shape index (κ3) is 2.50. The van der Waals surface area contributed by atoms with Crippen molar-refractivity contribution in [1.82, 2.24) is 0 Å². The highest BCUT2D eigenvalue weighted by Crippen LogP contribution is 2.63. The molecule has 2 saturated carbocycles. The van der Waals surface area contributed by atoms with Gasteiger partial charge in [0.1, 0.15) is 11.5 Å². The number of hydrogen-bond acceptors (Lipinski definition) is 2. The molecule has 0 spiro atoms. The van der Waals surface area contributed by atoms with Crippen molar-refractivity contribution in [3.05, 3.63) is 22.2 Å². The highest BCUT2D eigenvalue weighted by Gasteiger charge is 2.54. The van der Waals surface area contributed by atoms with Gasteiger partial charge in [-0.15, -0.1) is 0 Å². The summed E-state index contributed by atoms with van der Waals surface area (Å²) >= 11 is 7.46. The van der Waals surface area contributed by atoms with Gasteiger partial charge in [0, 0.05) is 10.4 Å². The Morgan fingerprint density at radius 1 is 1.05 bits per heavy atom. The van der Waals surface area contributed by atoms with Gasteiger partial charge in [-0.3, -0.25) is 0 Å². The fourth-order valence-electron chi connectivity index (χ4n) is 3.79. The molecule has 0 bridgehead atoms. The summed E-state index contributed by atoms with van der Waals surface area (Å²) in [5.74, 6) is 4.38. The van der Waals surface area contributed by atoms with Crippen LogP contribution in [0.5, 0.6) is 11.5 Å². The first-order chi connectivity index (χ1) is 9.67. The molecule has 0 saturated heterocycles. The predicted octanol–water partition coefficient (Wildman–Crippen LogP) is 5.34. The van der Waals surface area contributed by atoms with Gasteiger partial charge in [-0.25, -0.2) is 0 Å². The number of alkyl halides is 1. The van der Waals surface area contributed by atoms with Crippen molar-refractivity contribution in [1.29, 1.82) is 0 Å². The summed E-state index contributed by atoms with van der Waals surface area (Å²) in [6.07, 6.45) is 5.59. The Labute approximate surface area is 137 Å². The van der Waals surface area contributed by atoms with Crippen LogP contribution in [0.3, 0.4) is 0 Å². The van der Waals surface area contributed by atoms with Gasteiger partial charge in [0.15, 0.2) is 0 Å². The van der Waals surface area contributed by atoms with Crippen LogP contribution in [0.25, 0.3) is 0 Å². The van der Waals surface area contributed by atoms with Gasteiger partial charge >= 0.3 is 0 Å². The van der Waals surface area contributed by atoms with E-state index < -0.39 is 0 Å². The van der Waals surface area contributed by atoms with E-state index in [1.165, 1.54) is 31.2 Å². The van der Waals surface area contributed by atoms with Gasteiger partial charge in [-0.2, -0.15) is 0 Å². The Hall–Kier alpha value is -0.220. The molecule has 2 aliphatic carbocycles. The number of methoxy groups -OCH3 is 2. The molecule has 2 nitrogen and oxygen atoms in total. The molecular formula is C16H20Br2O2. The molecule has 0 aromatic heterocycles. The van der Waals surface area contributed by atoms with Crippen LogP contribution >= 0.6 is 31.9 Å². The molecule has 110 valence electrons. The minimum absolute atomic E-state index is 0.368. The van der Waals surface area contributed by atoms with E-state index in [0.29, 0.717) is 4.83 Å². The zero-order valence-corrected chi connectivity index (χ0v) is 15.0. The zero-order chi connectivity index (χ0) is 14.3. The second-order valence-electron chi connectivity index (χ2n) is 5.82. The van der Waals surface area contributed by atoms with Gasteiger partial charge in [-0.05, 0) is 58.7 Å². The van der Waals surface area contributed by atoms with Gasteiger partial charge in [0.05, 0.1) is 18.7 Å². The maximum atomic E-state index is 5.56. The van der Waals surface area contributed by atoms with Crippen molar-refractivity contribution in [3.8, 4) is 11.5 Å². The van der Waals surface area contributed by atoms with Crippen LogP contribution < -0.4 is 9.47 Å². The van der Waals surface area contributed by atoms with Crippen molar-refractivity contribution >= 4 is 31.9 Å².